The van der Waals surface area contributed by atoms with Gasteiger partial charge >= 0.3 is 6.18 Å². The van der Waals surface area contributed by atoms with E-state index in [2.05, 4.69) is 10.1 Å². The topological polar surface area (TPSA) is 88.6 Å². The predicted molar refractivity (Wildman–Crippen MR) is 94.6 cm³/mol. The van der Waals surface area contributed by atoms with E-state index >= 15 is 0 Å². The number of nitriles is 1. The molecule has 0 fully saturated rings. The number of alkyl halides is 3. The molecule has 0 spiro atoms. The highest BCUT2D eigenvalue weighted by molar-refractivity contribution is 7.90. The maximum Gasteiger partial charge on any atom is 0.433 e. The van der Waals surface area contributed by atoms with Gasteiger partial charge in [-0.25, -0.2) is 13.1 Å². The van der Waals surface area contributed by atoms with Crippen molar-refractivity contribution in [3.63, 3.8) is 0 Å². The zero-order valence-corrected chi connectivity index (χ0v) is 15.3. The van der Waals surface area contributed by atoms with Crippen molar-refractivity contribution < 1.29 is 21.6 Å². The SMILES string of the molecule is CS(=O)(=O)c1ccc(-c2c(-c3ccncc3)nn(CC#N)c2C(F)(F)F)cc1. The summed E-state index contributed by atoms with van der Waals surface area (Å²) in [6.07, 6.45) is -0.929. The second-order valence-corrected chi connectivity index (χ2v) is 7.93. The first-order valence-electron chi connectivity index (χ1n) is 7.89. The molecule has 3 rings (SSSR count). The Kier molecular flexibility index (Phi) is 4.95. The van der Waals surface area contributed by atoms with Crippen molar-refractivity contribution in [2.45, 2.75) is 17.6 Å². The number of hydrogen-bond acceptors (Lipinski definition) is 5. The van der Waals surface area contributed by atoms with Gasteiger partial charge in [0.05, 0.1) is 11.0 Å². The number of rotatable bonds is 4. The smallest absolute Gasteiger partial charge is 0.265 e. The van der Waals surface area contributed by atoms with Crippen LogP contribution in [0.25, 0.3) is 22.4 Å². The van der Waals surface area contributed by atoms with E-state index in [4.69, 9.17) is 5.26 Å². The minimum absolute atomic E-state index is 0.0142. The van der Waals surface area contributed by atoms with Crippen LogP contribution in [0, 0.1) is 11.3 Å². The van der Waals surface area contributed by atoms with Crippen LogP contribution in [0.15, 0.2) is 53.7 Å². The lowest BCUT2D eigenvalue weighted by Gasteiger charge is -2.12. The maximum atomic E-state index is 13.8. The molecule has 144 valence electrons. The minimum Gasteiger partial charge on any atom is -0.265 e. The first-order valence-corrected chi connectivity index (χ1v) is 9.78. The molecule has 0 N–H and O–H groups in total. The molecule has 3 aromatic rings. The third kappa shape index (κ3) is 3.75. The Hall–Kier alpha value is -3.19. The van der Waals surface area contributed by atoms with Crippen LogP contribution in [0.2, 0.25) is 0 Å². The number of pyridine rings is 1. The summed E-state index contributed by atoms with van der Waals surface area (Å²) >= 11 is 0. The highest BCUT2D eigenvalue weighted by Crippen LogP contribution is 2.42. The van der Waals surface area contributed by atoms with Crippen LogP contribution in [0.1, 0.15) is 5.69 Å². The molecule has 1 aromatic carbocycles. The fourth-order valence-electron chi connectivity index (χ4n) is 2.79. The Morgan fingerprint density at radius 3 is 2.18 bits per heavy atom. The van der Waals surface area contributed by atoms with Gasteiger partial charge in [-0.1, -0.05) is 12.1 Å². The summed E-state index contributed by atoms with van der Waals surface area (Å²) in [5.74, 6) is 0. The van der Waals surface area contributed by atoms with Crippen LogP contribution in [0.4, 0.5) is 13.2 Å². The lowest BCUT2D eigenvalue weighted by atomic mass is 9.99. The second kappa shape index (κ2) is 7.09. The first-order chi connectivity index (χ1) is 13.1. The zero-order chi connectivity index (χ0) is 20.5. The van der Waals surface area contributed by atoms with Crippen LogP contribution < -0.4 is 0 Å². The molecule has 0 saturated carbocycles. The number of sulfone groups is 1. The van der Waals surface area contributed by atoms with Gasteiger partial charge in [-0.05, 0) is 29.8 Å². The lowest BCUT2D eigenvalue weighted by Crippen LogP contribution is -2.15. The molecular weight excluding hydrogens is 393 g/mol. The van der Waals surface area contributed by atoms with E-state index in [0.29, 0.717) is 10.2 Å². The largest absolute Gasteiger partial charge is 0.433 e. The number of halogens is 3. The van der Waals surface area contributed by atoms with Gasteiger partial charge in [0.25, 0.3) is 0 Å². The van der Waals surface area contributed by atoms with Crippen LogP contribution in [0.3, 0.4) is 0 Å². The Morgan fingerprint density at radius 1 is 1.07 bits per heavy atom. The average molecular weight is 406 g/mol. The van der Waals surface area contributed by atoms with Crippen LogP contribution in [-0.4, -0.2) is 29.4 Å². The third-order valence-corrected chi connectivity index (χ3v) is 5.09. The van der Waals surface area contributed by atoms with Crippen molar-refractivity contribution in [2.24, 2.45) is 0 Å². The molecule has 0 aliphatic carbocycles. The van der Waals surface area contributed by atoms with Gasteiger partial charge in [-0.15, -0.1) is 0 Å². The summed E-state index contributed by atoms with van der Waals surface area (Å²) in [6.45, 7) is -0.589. The van der Waals surface area contributed by atoms with Crippen molar-refractivity contribution in [2.75, 3.05) is 6.26 Å². The van der Waals surface area contributed by atoms with Gasteiger partial charge in [-0.2, -0.15) is 23.5 Å². The minimum atomic E-state index is -4.78. The average Bonchev–Trinajstić information content (AvgIpc) is 3.02. The highest BCUT2D eigenvalue weighted by Gasteiger charge is 2.40. The van der Waals surface area contributed by atoms with Gasteiger partial charge < -0.3 is 0 Å². The maximum absolute atomic E-state index is 13.8. The molecule has 6 nitrogen and oxygen atoms in total. The fraction of sp³-hybridized carbons (Fsp3) is 0.167. The first kappa shape index (κ1) is 19.6. The van der Waals surface area contributed by atoms with Crippen molar-refractivity contribution in [3.05, 3.63) is 54.5 Å². The molecule has 0 aliphatic heterocycles. The number of aromatic nitrogens is 3. The van der Waals surface area contributed by atoms with E-state index in [1.807, 2.05) is 0 Å². The van der Waals surface area contributed by atoms with Crippen molar-refractivity contribution >= 4 is 9.84 Å². The van der Waals surface area contributed by atoms with Gasteiger partial charge in [-0.3, -0.25) is 4.98 Å². The second-order valence-electron chi connectivity index (χ2n) is 5.92. The van der Waals surface area contributed by atoms with Crippen LogP contribution in [-0.2, 0) is 22.6 Å². The number of benzene rings is 1. The van der Waals surface area contributed by atoms with Gasteiger partial charge in [0, 0.05) is 29.8 Å². The van der Waals surface area contributed by atoms with E-state index in [1.54, 1.807) is 6.07 Å². The molecule has 0 unspecified atom stereocenters. The van der Waals surface area contributed by atoms with Crippen molar-refractivity contribution in [3.8, 4) is 28.5 Å². The number of hydrogen-bond donors (Lipinski definition) is 0. The van der Waals surface area contributed by atoms with E-state index in [0.717, 1.165) is 6.26 Å². The molecule has 0 bridgehead atoms. The highest BCUT2D eigenvalue weighted by atomic mass is 32.2. The van der Waals surface area contributed by atoms with Crippen molar-refractivity contribution in [1.82, 2.24) is 14.8 Å². The molecule has 0 saturated heterocycles. The molecule has 2 heterocycles. The Balaban J connectivity index is 2.33. The van der Waals surface area contributed by atoms with Crippen LogP contribution in [0.5, 0.6) is 0 Å². The summed E-state index contributed by atoms with van der Waals surface area (Å²) < 4.78 is 65.4. The normalized spacial score (nSPS) is 12.0. The number of nitrogens with zero attached hydrogens (tertiary/aromatic N) is 4. The van der Waals surface area contributed by atoms with E-state index in [9.17, 15) is 21.6 Å². The standard InChI is InChI=1S/C18H13F3N4O2S/c1-28(26,27)14-4-2-12(3-5-14)15-16(13-6-9-23-10-7-13)24-25(11-8-22)17(15)18(19,20)21/h2-7,9-10H,11H2,1H3. The predicted octanol–water partition coefficient (Wildman–Crippen LogP) is 3.56. The van der Waals surface area contributed by atoms with E-state index in [1.165, 1.54) is 48.8 Å². The molecular formula is C18H13F3N4O2S. The molecule has 10 heteroatoms. The Labute approximate surface area is 158 Å². The summed E-state index contributed by atoms with van der Waals surface area (Å²) in [6, 6.07) is 9.76. The molecule has 0 aliphatic rings. The van der Waals surface area contributed by atoms with E-state index < -0.39 is 28.3 Å². The van der Waals surface area contributed by atoms with Gasteiger partial charge in [0.1, 0.15) is 12.2 Å². The van der Waals surface area contributed by atoms with Crippen molar-refractivity contribution in [1.29, 1.82) is 5.26 Å². The molecule has 0 atom stereocenters. The monoisotopic (exact) mass is 406 g/mol. The summed E-state index contributed by atoms with van der Waals surface area (Å²) in [7, 11) is -3.50. The Bertz CT molecular complexity index is 1150. The van der Waals surface area contributed by atoms with Crippen LogP contribution >= 0.6 is 0 Å². The molecule has 0 radical (unpaired) electrons. The lowest BCUT2D eigenvalue weighted by molar-refractivity contribution is -0.143. The van der Waals surface area contributed by atoms with Gasteiger partial charge in [0.2, 0.25) is 0 Å². The Morgan fingerprint density at radius 2 is 1.68 bits per heavy atom. The summed E-state index contributed by atoms with van der Waals surface area (Å²) in [5.41, 5.74) is -0.755. The molecule has 0 amide bonds. The van der Waals surface area contributed by atoms with Gasteiger partial charge in [0.15, 0.2) is 15.5 Å². The zero-order valence-electron chi connectivity index (χ0n) is 14.5. The molecule has 28 heavy (non-hydrogen) atoms. The third-order valence-electron chi connectivity index (χ3n) is 3.97. The fourth-order valence-corrected chi connectivity index (χ4v) is 3.42. The quantitative estimate of drug-likeness (QED) is 0.661. The van der Waals surface area contributed by atoms with E-state index in [-0.39, 0.29) is 21.7 Å². The summed E-state index contributed by atoms with van der Waals surface area (Å²) in [5, 5.41) is 12.9. The summed E-state index contributed by atoms with van der Waals surface area (Å²) in [4.78, 5) is 3.84. The molecule has 2 aromatic heterocycles.